The molecule has 31 heavy (non-hydrogen) atoms. The number of hydrogen-bond donors (Lipinski definition) is 2. The molecule has 0 saturated carbocycles. The van der Waals surface area contributed by atoms with E-state index in [-0.39, 0.29) is 17.0 Å². The molecule has 1 amide bonds. The first-order valence-electron chi connectivity index (χ1n) is 9.67. The van der Waals surface area contributed by atoms with Crippen LogP contribution in [0, 0.1) is 13.8 Å². The number of para-hydroxylation sites is 1. The molecule has 7 nitrogen and oxygen atoms in total. The monoisotopic (exact) mass is 412 g/mol. The molecule has 0 atom stereocenters. The predicted octanol–water partition coefficient (Wildman–Crippen LogP) is 3.47. The van der Waals surface area contributed by atoms with Gasteiger partial charge in [-0.15, -0.1) is 0 Å². The highest BCUT2D eigenvalue weighted by Crippen LogP contribution is 2.22. The second-order valence-corrected chi connectivity index (χ2v) is 7.15. The summed E-state index contributed by atoms with van der Waals surface area (Å²) in [5.41, 5.74) is 5.00. The van der Waals surface area contributed by atoms with E-state index in [1.807, 2.05) is 6.07 Å². The SMILES string of the molecule is Cc1cc(/C=N/NC(=O)c2nn(-c3ccccc3)c(=O)c3ccccc23)cc(C)c1O. The number of aryl methyl sites for hydroxylation is 2. The average Bonchev–Trinajstić information content (AvgIpc) is 2.78. The number of rotatable bonds is 4. The van der Waals surface area contributed by atoms with Gasteiger partial charge in [-0.1, -0.05) is 36.4 Å². The third-order valence-corrected chi connectivity index (χ3v) is 4.91. The Kier molecular flexibility index (Phi) is 5.32. The second kappa shape index (κ2) is 8.23. The number of fused-ring (bicyclic) bond motifs is 1. The summed E-state index contributed by atoms with van der Waals surface area (Å²) in [4.78, 5) is 25.8. The molecule has 0 fully saturated rings. The number of amides is 1. The molecule has 0 aliphatic heterocycles. The zero-order valence-corrected chi connectivity index (χ0v) is 17.0. The number of hydrogen-bond acceptors (Lipinski definition) is 5. The number of phenolic OH excluding ortho intramolecular Hbond substituents is 1. The van der Waals surface area contributed by atoms with Gasteiger partial charge in [-0.05, 0) is 60.9 Å². The molecule has 0 radical (unpaired) electrons. The zero-order chi connectivity index (χ0) is 22.0. The Morgan fingerprint density at radius 1 is 1.00 bits per heavy atom. The number of carbonyl (C=O) groups is 1. The lowest BCUT2D eigenvalue weighted by atomic mass is 10.1. The number of carbonyl (C=O) groups excluding carboxylic acids is 1. The molecule has 1 aromatic heterocycles. The number of aromatic hydroxyl groups is 1. The van der Waals surface area contributed by atoms with Crippen LogP contribution in [0.4, 0.5) is 0 Å². The van der Waals surface area contributed by atoms with Gasteiger partial charge in [0.15, 0.2) is 5.69 Å². The van der Waals surface area contributed by atoms with Gasteiger partial charge in [-0.3, -0.25) is 9.59 Å². The van der Waals surface area contributed by atoms with Crippen molar-refractivity contribution in [3.63, 3.8) is 0 Å². The fourth-order valence-electron chi connectivity index (χ4n) is 3.38. The van der Waals surface area contributed by atoms with Crippen LogP contribution in [0.15, 0.2) is 76.6 Å². The Labute approximate surface area is 178 Å². The van der Waals surface area contributed by atoms with Crippen LogP contribution in [0.5, 0.6) is 5.75 Å². The minimum Gasteiger partial charge on any atom is -0.507 e. The molecule has 0 aliphatic rings. The van der Waals surface area contributed by atoms with E-state index >= 15 is 0 Å². The van der Waals surface area contributed by atoms with Gasteiger partial charge in [0.05, 0.1) is 17.3 Å². The average molecular weight is 412 g/mol. The number of hydrazone groups is 1. The molecule has 2 N–H and O–H groups in total. The van der Waals surface area contributed by atoms with E-state index in [9.17, 15) is 14.7 Å². The lowest BCUT2D eigenvalue weighted by Gasteiger charge is -2.10. The van der Waals surface area contributed by atoms with Crippen LogP contribution < -0.4 is 11.0 Å². The fraction of sp³-hybridized carbons (Fsp3) is 0.0833. The minimum absolute atomic E-state index is 0.0919. The molecule has 4 aromatic rings. The quantitative estimate of drug-likeness (QED) is 0.396. The van der Waals surface area contributed by atoms with Gasteiger partial charge in [0, 0.05) is 5.39 Å². The van der Waals surface area contributed by atoms with E-state index in [0.717, 1.165) is 16.7 Å². The van der Waals surface area contributed by atoms with Gasteiger partial charge in [0.2, 0.25) is 0 Å². The molecule has 7 heteroatoms. The molecule has 0 saturated heterocycles. The van der Waals surface area contributed by atoms with E-state index in [2.05, 4.69) is 15.6 Å². The number of nitrogens with zero attached hydrogens (tertiary/aromatic N) is 3. The third-order valence-electron chi connectivity index (χ3n) is 4.91. The summed E-state index contributed by atoms with van der Waals surface area (Å²) in [7, 11) is 0. The third kappa shape index (κ3) is 3.93. The molecule has 4 rings (SSSR count). The topological polar surface area (TPSA) is 96.6 Å². The highest BCUT2D eigenvalue weighted by Gasteiger charge is 2.17. The number of phenols is 1. The van der Waals surface area contributed by atoms with Crippen LogP contribution in [-0.2, 0) is 0 Å². The van der Waals surface area contributed by atoms with E-state index in [4.69, 9.17) is 0 Å². The van der Waals surface area contributed by atoms with Gasteiger partial charge in [-0.25, -0.2) is 5.43 Å². The van der Waals surface area contributed by atoms with Crippen molar-refractivity contribution < 1.29 is 9.90 Å². The molecular weight excluding hydrogens is 392 g/mol. The predicted molar refractivity (Wildman–Crippen MR) is 120 cm³/mol. The highest BCUT2D eigenvalue weighted by molar-refractivity contribution is 6.05. The van der Waals surface area contributed by atoms with Crippen molar-refractivity contribution >= 4 is 22.9 Å². The highest BCUT2D eigenvalue weighted by atomic mass is 16.3. The Hall–Kier alpha value is -4.26. The van der Waals surface area contributed by atoms with Crippen molar-refractivity contribution in [2.45, 2.75) is 13.8 Å². The summed E-state index contributed by atoms with van der Waals surface area (Å²) in [5, 5.41) is 19.1. The Balaban J connectivity index is 1.71. The van der Waals surface area contributed by atoms with Crippen molar-refractivity contribution in [3.05, 3.63) is 99.5 Å². The van der Waals surface area contributed by atoms with Gasteiger partial charge in [0.25, 0.3) is 11.5 Å². The molecule has 0 spiro atoms. The first kappa shape index (κ1) is 20.0. The Morgan fingerprint density at radius 3 is 2.29 bits per heavy atom. The van der Waals surface area contributed by atoms with Crippen molar-refractivity contribution in [1.29, 1.82) is 0 Å². The fourth-order valence-corrected chi connectivity index (χ4v) is 3.38. The van der Waals surface area contributed by atoms with E-state index in [0.29, 0.717) is 16.5 Å². The zero-order valence-electron chi connectivity index (χ0n) is 17.0. The van der Waals surface area contributed by atoms with Gasteiger partial charge < -0.3 is 5.11 Å². The van der Waals surface area contributed by atoms with Crippen LogP contribution in [0.1, 0.15) is 27.2 Å². The molecular formula is C24H20N4O3. The van der Waals surface area contributed by atoms with Crippen LogP contribution >= 0.6 is 0 Å². The largest absolute Gasteiger partial charge is 0.507 e. The van der Waals surface area contributed by atoms with Gasteiger partial charge in [0.1, 0.15) is 5.75 Å². The van der Waals surface area contributed by atoms with E-state index < -0.39 is 5.91 Å². The minimum atomic E-state index is -0.538. The molecule has 0 bridgehead atoms. The molecule has 0 unspecified atom stereocenters. The molecule has 3 aromatic carbocycles. The number of benzene rings is 3. The number of aromatic nitrogens is 2. The van der Waals surface area contributed by atoms with Crippen molar-refractivity contribution in [2.24, 2.45) is 5.10 Å². The summed E-state index contributed by atoms with van der Waals surface area (Å²) in [6.45, 7) is 3.59. The lowest BCUT2D eigenvalue weighted by Crippen LogP contribution is -2.28. The normalized spacial score (nSPS) is 11.2. The maximum atomic E-state index is 12.9. The first-order valence-corrected chi connectivity index (χ1v) is 9.67. The van der Waals surface area contributed by atoms with E-state index in [1.54, 1.807) is 74.5 Å². The van der Waals surface area contributed by atoms with Crippen molar-refractivity contribution in [2.75, 3.05) is 0 Å². The Bertz CT molecular complexity index is 1350. The van der Waals surface area contributed by atoms with Crippen LogP contribution in [0.3, 0.4) is 0 Å². The summed E-state index contributed by atoms with van der Waals surface area (Å²) in [6, 6.07) is 19.3. The van der Waals surface area contributed by atoms with Crippen LogP contribution in [0.25, 0.3) is 16.5 Å². The standard InChI is InChI=1S/C24H20N4O3/c1-15-12-17(13-16(2)22(15)29)14-25-26-23(30)21-19-10-6-7-11-20(19)24(31)28(27-21)18-8-4-3-5-9-18/h3-14,29H,1-2H3,(H,26,30)/b25-14+. The van der Waals surface area contributed by atoms with Crippen LogP contribution in [0.2, 0.25) is 0 Å². The maximum Gasteiger partial charge on any atom is 0.292 e. The second-order valence-electron chi connectivity index (χ2n) is 7.15. The van der Waals surface area contributed by atoms with Gasteiger partial charge in [-0.2, -0.15) is 14.9 Å². The summed E-state index contributed by atoms with van der Waals surface area (Å²) < 4.78 is 1.22. The van der Waals surface area contributed by atoms with Crippen LogP contribution in [-0.4, -0.2) is 27.0 Å². The molecule has 0 aliphatic carbocycles. The van der Waals surface area contributed by atoms with E-state index in [1.165, 1.54) is 10.9 Å². The summed E-state index contributed by atoms with van der Waals surface area (Å²) >= 11 is 0. The summed E-state index contributed by atoms with van der Waals surface area (Å²) in [5.74, 6) is -0.302. The Morgan fingerprint density at radius 2 is 1.61 bits per heavy atom. The van der Waals surface area contributed by atoms with Crippen molar-refractivity contribution in [1.82, 2.24) is 15.2 Å². The first-order chi connectivity index (χ1) is 15.0. The maximum absolute atomic E-state index is 12.9. The van der Waals surface area contributed by atoms with Gasteiger partial charge >= 0.3 is 0 Å². The molecule has 1 heterocycles. The lowest BCUT2D eigenvalue weighted by molar-refractivity contribution is 0.0950. The van der Waals surface area contributed by atoms with Crippen molar-refractivity contribution in [3.8, 4) is 11.4 Å². The molecule has 154 valence electrons. The summed E-state index contributed by atoms with van der Waals surface area (Å²) in [6.07, 6.45) is 1.49. The smallest absolute Gasteiger partial charge is 0.292 e. The number of nitrogens with one attached hydrogen (secondary N) is 1.